The summed E-state index contributed by atoms with van der Waals surface area (Å²) in [5, 5.41) is 8.30. The zero-order valence-corrected chi connectivity index (χ0v) is 14.5. The first-order chi connectivity index (χ1) is 9.88. The van der Waals surface area contributed by atoms with Crippen LogP contribution in [0.3, 0.4) is 0 Å². The van der Waals surface area contributed by atoms with E-state index in [2.05, 4.69) is 54.7 Å². The third-order valence-electron chi connectivity index (χ3n) is 4.26. The second-order valence-corrected chi connectivity index (χ2v) is 7.37. The van der Waals surface area contributed by atoms with Gasteiger partial charge < -0.3 is 10.2 Å². The van der Waals surface area contributed by atoms with Gasteiger partial charge in [-0.3, -0.25) is 4.68 Å². The summed E-state index contributed by atoms with van der Waals surface area (Å²) >= 11 is 0. The molecule has 4 heteroatoms. The smallest absolute Gasteiger partial charge is 0.131 e. The van der Waals surface area contributed by atoms with Gasteiger partial charge >= 0.3 is 0 Å². The van der Waals surface area contributed by atoms with Gasteiger partial charge in [0.1, 0.15) is 5.82 Å². The standard InChI is InChI=1S/C17H32N4/c1-14-15(13-18-17(2,3)4)16(20(5)19-14)21-11-9-7-6-8-10-12-21/h18H,6-13H2,1-5H3. The largest absolute Gasteiger partial charge is 0.357 e. The van der Waals surface area contributed by atoms with Gasteiger partial charge in [-0.15, -0.1) is 0 Å². The van der Waals surface area contributed by atoms with E-state index in [0.29, 0.717) is 0 Å². The molecule has 2 rings (SSSR count). The van der Waals surface area contributed by atoms with Gasteiger partial charge in [0.25, 0.3) is 0 Å². The number of nitrogens with one attached hydrogen (secondary N) is 1. The molecule has 0 aliphatic carbocycles. The number of aryl methyl sites for hydroxylation is 2. The van der Waals surface area contributed by atoms with E-state index in [4.69, 9.17) is 0 Å². The van der Waals surface area contributed by atoms with Gasteiger partial charge in [-0.1, -0.05) is 19.3 Å². The maximum atomic E-state index is 4.68. The maximum absolute atomic E-state index is 4.68. The first-order valence-electron chi connectivity index (χ1n) is 8.41. The van der Waals surface area contributed by atoms with Gasteiger partial charge in [-0.2, -0.15) is 5.10 Å². The summed E-state index contributed by atoms with van der Waals surface area (Å²) in [4.78, 5) is 2.55. The Labute approximate surface area is 129 Å². The van der Waals surface area contributed by atoms with Crippen LogP contribution in [0.2, 0.25) is 0 Å². The highest BCUT2D eigenvalue weighted by Crippen LogP contribution is 2.26. The summed E-state index contributed by atoms with van der Waals surface area (Å²) in [5.41, 5.74) is 2.66. The van der Waals surface area contributed by atoms with Crippen LogP contribution in [0, 0.1) is 6.92 Å². The first-order valence-corrected chi connectivity index (χ1v) is 8.41. The summed E-state index contributed by atoms with van der Waals surface area (Å²) in [6.07, 6.45) is 6.73. The number of hydrogen-bond donors (Lipinski definition) is 1. The summed E-state index contributed by atoms with van der Waals surface area (Å²) in [6.45, 7) is 12.0. The molecule has 21 heavy (non-hydrogen) atoms. The van der Waals surface area contributed by atoms with Crippen molar-refractivity contribution < 1.29 is 0 Å². The van der Waals surface area contributed by atoms with Crippen LogP contribution in [0.4, 0.5) is 5.82 Å². The minimum atomic E-state index is 0.135. The third kappa shape index (κ3) is 4.47. The molecule has 1 aliphatic rings. The van der Waals surface area contributed by atoms with Crippen molar-refractivity contribution >= 4 is 5.82 Å². The summed E-state index contributed by atoms with van der Waals surface area (Å²) in [5.74, 6) is 1.33. The van der Waals surface area contributed by atoms with E-state index in [-0.39, 0.29) is 5.54 Å². The number of rotatable bonds is 3. The van der Waals surface area contributed by atoms with Gasteiger partial charge in [0.2, 0.25) is 0 Å². The number of nitrogens with zero attached hydrogens (tertiary/aromatic N) is 3. The molecule has 1 saturated heterocycles. The van der Waals surface area contributed by atoms with E-state index in [0.717, 1.165) is 12.2 Å². The van der Waals surface area contributed by atoms with Crippen molar-refractivity contribution in [3.05, 3.63) is 11.3 Å². The van der Waals surface area contributed by atoms with Crippen molar-refractivity contribution in [2.75, 3.05) is 18.0 Å². The Morgan fingerprint density at radius 2 is 1.62 bits per heavy atom. The van der Waals surface area contributed by atoms with E-state index in [1.54, 1.807) is 0 Å². The van der Waals surface area contributed by atoms with E-state index in [1.165, 1.54) is 56.6 Å². The normalized spacial score (nSPS) is 17.7. The van der Waals surface area contributed by atoms with Crippen molar-refractivity contribution in [2.45, 2.75) is 71.9 Å². The zero-order chi connectivity index (χ0) is 15.5. The number of aromatic nitrogens is 2. The molecule has 0 aromatic carbocycles. The summed E-state index contributed by atoms with van der Waals surface area (Å²) in [6, 6.07) is 0. The Hall–Kier alpha value is -1.03. The molecule has 0 bridgehead atoms. The fourth-order valence-corrected chi connectivity index (χ4v) is 3.11. The molecule has 120 valence electrons. The average molecular weight is 292 g/mol. The van der Waals surface area contributed by atoms with Crippen LogP contribution in [0.15, 0.2) is 0 Å². The zero-order valence-electron chi connectivity index (χ0n) is 14.5. The minimum Gasteiger partial charge on any atom is -0.357 e. The second kappa shape index (κ2) is 6.82. The Balaban J connectivity index is 2.20. The molecule has 0 amide bonds. The predicted molar refractivity (Wildman–Crippen MR) is 89.8 cm³/mol. The second-order valence-electron chi connectivity index (χ2n) is 7.37. The monoisotopic (exact) mass is 292 g/mol. The topological polar surface area (TPSA) is 33.1 Å². The summed E-state index contributed by atoms with van der Waals surface area (Å²) < 4.78 is 2.08. The molecule has 1 aliphatic heterocycles. The van der Waals surface area contributed by atoms with Crippen LogP contribution in [0.1, 0.15) is 64.1 Å². The quantitative estimate of drug-likeness (QED) is 0.927. The third-order valence-corrected chi connectivity index (χ3v) is 4.26. The molecule has 0 atom stereocenters. The molecule has 0 spiro atoms. The van der Waals surface area contributed by atoms with E-state index < -0.39 is 0 Å². The molecular weight excluding hydrogens is 260 g/mol. The maximum Gasteiger partial charge on any atom is 0.131 e. The molecule has 0 radical (unpaired) electrons. The predicted octanol–water partition coefficient (Wildman–Crippen LogP) is 3.39. The van der Waals surface area contributed by atoms with Crippen LogP contribution in [0.5, 0.6) is 0 Å². The van der Waals surface area contributed by atoms with Crippen LogP contribution in [-0.2, 0) is 13.6 Å². The molecule has 0 unspecified atom stereocenters. The van der Waals surface area contributed by atoms with Crippen molar-refractivity contribution in [3.63, 3.8) is 0 Å². The van der Waals surface area contributed by atoms with Gasteiger partial charge in [0.15, 0.2) is 0 Å². The molecule has 1 fully saturated rings. The summed E-state index contributed by atoms with van der Waals surface area (Å²) in [7, 11) is 2.09. The number of anilines is 1. The lowest BCUT2D eigenvalue weighted by molar-refractivity contribution is 0.423. The van der Waals surface area contributed by atoms with Crippen molar-refractivity contribution in [1.29, 1.82) is 0 Å². The molecule has 1 aromatic heterocycles. The highest BCUT2D eigenvalue weighted by Gasteiger charge is 2.21. The van der Waals surface area contributed by atoms with Crippen LogP contribution in [0.25, 0.3) is 0 Å². The van der Waals surface area contributed by atoms with Crippen molar-refractivity contribution in [1.82, 2.24) is 15.1 Å². The van der Waals surface area contributed by atoms with Gasteiger partial charge in [-0.05, 0) is 40.5 Å². The first kappa shape index (κ1) is 16.3. The molecule has 0 saturated carbocycles. The van der Waals surface area contributed by atoms with E-state index in [9.17, 15) is 0 Å². The lowest BCUT2D eigenvalue weighted by Crippen LogP contribution is -2.36. The molecular formula is C17H32N4. The number of hydrogen-bond acceptors (Lipinski definition) is 3. The van der Waals surface area contributed by atoms with Crippen LogP contribution < -0.4 is 10.2 Å². The Morgan fingerprint density at radius 1 is 1.05 bits per heavy atom. The highest BCUT2D eigenvalue weighted by atomic mass is 15.4. The lowest BCUT2D eigenvalue weighted by Gasteiger charge is -2.29. The fourth-order valence-electron chi connectivity index (χ4n) is 3.11. The minimum absolute atomic E-state index is 0.135. The Kier molecular flexibility index (Phi) is 5.31. The van der Waals surface area contributed by atoms with E-state index >= 15 is 0 Å². The Bertz CT molecular complexity index is 448. The molecule has 2 heterocycles. The van der Waals surface area contributed by atoms with Crippen molar-refractivity contribution in [3.8, 4) is 0 Å². The fraction of sp³-hybridized carbons (Fsp3) is 0.824. The van der Waals surface area contributed by atoms with E-state index in [1.807, 2.05) is 0 Å². The average Bonchev–Trinajstić information content (AvgIpc) is 2.60. The van der Waals surface area contributed by atoms with Crippen LogP contribution in [-0.4, -0.2) is 28.4 Å². The van der Waals surface area contributed by atoms with Gasteiger partial charge in [0.05, 0.1) is 5.69 Å². The van der Waals surface area contributed by atoms with Crippen molar-refractivity contribution in [2.24, 2.45) is 7.05 Å². The molecule has 1 aromatic rings. The Morgan fingerprint density at radius 3 is 2.19 bits per heavy atom. The van der Waals surface area contributed by atoms with Gasteiger partial charge in [-0.25, -0.2) is 0 Å². The molecule has 1 N–H and O–H groups in total. The van der Waals surface area contributed by atoms with Crippen LogP contribution >= 0.6 is 0 Å². The lowest BCUT2D eigenvalue weighted by atomic mass is 10.1. The highest BCUT2D eigenvalue weighted by molar-refractivity contribution is 5.50. The molecule has 4 nitrogen and oxygen atoms in total. The van der Waals surface area contributed by atoms with Gasteiger partial charge in [0, 0.05) is 37.8 Å². The SMILES string of the molecule is Cc1nn(C)c(N2CCCCCCC2)c1CNC(C)(C)C.